The predicted molar refractivity (Wildman–Crippen MR) is 256 cm³/mol. The van der Waals surface area contributed by atoms with Crippen molar-refractivity contribution in [3.8, 4) is 0 Å². The Morgan fingerprint density at radius 3 is 1.07 bits per heavy atom. The van der Waals surface area contributed by atoms with Gasteiger partial charge >= 0.3 is 0 Å². The quantitative estimate of drug-likeness (QED) is 0.0611. The molecule has 1 aliphatic rings. The molecule has 6 aromatic carbocycles. The number of benzene rings is 6. The van der Waals surface area contributed by atoms with E-state index in [1.807, 2.05) is 12.4 Å². The van der Waals surface area contributed by atoms with Crippen molar-refractivity contribution in [3.63, 3.8) is 0 Å². The molecule has 0 saturated carbocycles. The van der Waals surface area contributed by atoms with E-state index in [9.17, 15) is 0 Å². The maximum atomic E-state index is 4.76. The molecule has 0 bridgehead atoms. The van der Waals surface area contributed by atoms with Gasteiger partial charge in [0.15, 0.2) is 0 Å². The predicted octanol–water partition coefficient (Wildman–Crippen LogP) is 9.98. The Morgan fingerprint density at radius 2 is 0.793 bits per heavy atom. The van der Waals surface area contributed by atoms with Crippen LogP contribution in [0.25, 0.3) is 0 Å². The van der Waals surface area contributed by atoms with Crippen molar-refractivity contribution in [2.24, 2.45) is 7.05 Å². The van der Waals surface area contributed by atoms with Crippen LogP contribution in [0.5, 0.6) is 0 Å². The van der Waals surface area contributed by atoms with E-state index in [2.05, 4.69) is 223 Å². The zero-order valence-electron chi connectivity index (χ0n) is 33.3. The van der Waals surface area contributed by atoms with Crippen molar-refractivity contribution in [1.82, 2.24) is 9.55 Å². The normalized spacial score (nSPS) is 13.0. The topological polar surface area (TPSA) is 17.8 Å². The maximum Gasteiger partial charge on any atom is 0.112 e. The van der Waals surface area contributed by atoms with Gasteiger partial charge in [0.05, 0.1) is 30.0 Å². The molecule has 0 unspecified atom stereocenters. The second-order valence-corrected chi connectivity index (χ2v) is 17.3. The molecule has 0 saturated heterocycles. The van der Waals surface area contributed by atoms with Crippen LogP contribution in [0.2, 0.25) is 0 Å². The van der Waals surface area contributed by atoms with Crippen LogP contribution in [0.4, 0.5) is 0 Å². The molecule has 0 spiro atoms. The van der Waals surface area contributed by atoms with Crippen molar-refractivity contribution >= 4 is 69.7 Å². The summed E-state index contributed by atoms with van der Waals surface area (Å²) in [5.74, 6) is 1.17. The third-order valence-corrected chi connectivity index (χ3v) is 13.1. The van der Waals surface area contributed by atoms with E-state index < -0.39 is 14.1 Å². The van der Waals surface area contributed by atoms with Gasteiger partial charge in [-0.1, -0.05) is 182 Å². The summed E-state index contributed by atoms with van der Waals surface area (Å²) in [6, 6.07) is 65.3. The first-order valence-electron chi connectivity index (χ1n) is 19.9. The van der Waals surface area contributed by atoms with Crippen molar-refractivity contribution in [3.05, 3.63) is 225 Å². The molecule has 0 N–H and O–H groups in total. The largest absolute Gasteiger partial charge is 0.338 e. The van der Waals surface area contributed by atoms with Gasteiger partial charge < -0.3 is 4.57 Å². The number of imidazole rings is 1. The maximum absolute atomic E-state index is 4.76. The van der Waals surface area contributed by atoms with Crippen molar-refractivity contribution in [2.45, 2.75) is 32.1 Å². The SMILES string of the molecule is C1=C\CC/C=C\CC/1.ClCCl.Cn1ccnc1CC[PH+](c1ccccc1)c1ccccc1.[Rh].c1ccc([B-](c2ccccc2)(c2ccccc2)c2ccccc2)cc1. The number of hydrogen-bond donors (Lipinski definition) is 0. The smallest absolute Gasteiger partial charge is 0.112 e. The van der Waals surface area contributed by atoms with Crippen molar-refractivity contribution < 1.29 is 19.5 Å². The number of hydrogen-bond acceptors (Lipinski definition) is 1. The second-order valence-electron chi connectivity index (χ2n) is 13.9. The van der Waals surface area contributed by atoms with E-state index in [1.54, 1.807) is 0 Å². The molecule has 1 radical (unpaired) electrons. The summed E-state index contributed by atoms with van der Waals surface area (Å²) >= 11 is 9.53. The Bertz CT molecular complexity index is 1920. The molecule has 1 heterocycles. The zero-order chi connectivity index (χ0) is 39.8. The Hall–Kier alpha value is -4.29. The number of aromatic nitrogens is 2. The first-order valence-corrected chi connectivity index (χ1v) is 22.7. The van der Waals surface area contributed by atoms with Gasteiger partial charge in [-0.3, -0.25) is 0 Å². The molecule has 1 aliphatic carbocycles. The van der Waals surface area contributed by atoms with Gasteiger partial charge in [-0.05, 0) is 49.9 Å². The van der Waals surface area contributed by atoms with Crippen LogP contribution >= 0.6 is 31.1 Å². The van der Waals surface area contributed by atoms with Gasteiger partial charge in [0.2, 0.25) is 0 Å². The van der Waals surface area contributed by atoms with Gasteiger partial charge in [-0.25, -0.2) is 4.98 Å². The fraction of sp³-hybridized carbons (Fsp3) is 0.157. The summed E-state index contributed by atoms with van der Waals surface area (Å²) in [4.78, 5) is 4.45. The first-order chi connectivity index (χ1) is 28.2. The van der Waals surface area contributed by atoms with E-state index in [4.69, 9.17) is 23.2 Å². The van der Waals surface area contributed by atoms with Gasteiger partial charge in [0.1, 0.15) is 12.0 Å². The van der Waals surface area contributed by atoms with Crippen LogP contribution in [0.1, 0.15) is 31.5 Å². The number of nitrogens with zero attached hydrogens (tertiary/aromatic N) is 2. The molecule has 0 fully saturated rings. The molecule has 0 atom stereocenters. The fourth-order valence-electron chi connectivity index (χ4n) is 7.59. The number of allylic oxidation sites excluding steroid dienone is 4. The molecule has 8 rings (SSSR count). The zero-order valence-corrected chi connectivity index (χ0v) is 37.4. The molecule has 7 aromatic rings. The summed E-state index contributed by atoms with van der Waals surface area (Å²) in [5, 5.41) is 3.14. The molecule has 299 valence electrons. The van der Waals surface area contributed by atoms with Gasteiger partial charge in [0.25, 0.3) is 0 Å². The van der Waals surface area contributed by atoms with Crippen LogP contribution in [0, 0.1) is 0 Å². The van der Waals surface area contributed by atoms with Gasteiger partial charge in [-0.15, -0.1) is 23.2 Å². The summed E-state index contributed by atoms with van der Waals surface area (Å²) in [5.41, 5.74) is 5.36. The van der Waals surface area contributed by atoms with E-state index in [0.29, 0.717) is 0 Å². The molecule has 7 heteroatoms. The number of halogens is 2. The number of alkyl halides is 2. The minimum Gasteiger partial charge on any atom is -0.338 e. The van der Waals surface area contributed by atoms with Gasteiger partial charge in [0, 0.05) is 45.3 Å². The van der Waals surface area contributed by atoms with Crippen LogP contribution in [0.3, 0.4) is 0 Å². The Kier molecular flexibility index (Phi) is 21.3. The van der Waals surface area contributed by atoms with Gasteiger partial charge in [-0.2, -0.15) is 21.9 Å². The Balaban J connectivity index is 0.000000203. The fourth-order valence-corrected chi connectivity index (χ4v) is 10.2. The summed E-state index contributed by atoms with van der Waals surface area (Å²) in [7, 11) is 1.32. The van der Waals surface area contributed by atoms with Crippen LogP contribution < -0.4 is 32.5 Å². The molecule has 2 nitrogen and oxygen atoms in total. The van der Waals surface area contributed by atoms with Crippen molar-refractivity contribution in [1.29, 1.82) is 0 Å². The second kappa shape index (κ2) is 26.7. The van der Waals surface area contributed by atoms with Crippen LogP contribution in [-0.4, -0.2) is 27.2 Å². The molecular formula is C51H54BCl2N2PRh. The first kappa shape index (κ1) is 46.4. The number of aryl methyl sites for hydroxylation is 2. The van der Waals surface area contributed by atoms with E-state index in [0.717, 1.165) is 6.42 Å². The molecule has 0 aliphatic heterocycles. The van der Waals surface area contributed by atoms with Crippen molar-refractivity contribution in [2.75, 3.05) is 11.5 Å². The minimum absolute atomic E-state index is 0. The molecule has 1 aromatic heterocycles. The molecule has 58 heavy (non-hydrogen) atoms. The Morgan fingerprint density at radius 1 is 0.500 bits per heavy atom. The van der Waals surface area contributed by atoms with E-state index in [-0.39, 0.29) is 24.8 Å². The monoisotopic (exact) mass is 909 g/mol. The minimum atomic E-state index is -1.22. The summed E-state index contributed by atoms with van der Waals surface area (Å²) in [6.45, 7) is 0. The van der Waals surface area contributed by atoms with Crippen LogP contribution in [0.15, 0.2) is 219 Å². The third-order valence-electron chi connectivity index (χ3n) is 10.3. The molecular weight excluding hydrogens is 856 g/mol. The van der Waals surface area contributed by atoms with Crippen LogP contribution in [-0.2, 0) is 32.9 Å². The summed E-state index contributed by atoms with van der Waals surface area (Å²) in [6.07, 6.45) is 18.9. The average Bonchev–Trinajstić information content (AvgIpc) is 3.68. The third kappa shape index (κ3) is 13.6. The van der Waals surface area contributed by atoms with E-state index >= 15 is 0 Å². The standard InChI is InChI=1S/C24H20B.C18H19N2P.C8H12.CH2Cl2.Rh/c1-5-13-21(14-6-1)25(22-15-7-2-8-16-22,23-17-9-3-10-18-23)24-19-11-4-12-20-24;1-20-14-13-19-18(20)12-15-21(16-8-4-2-5-9-16)17-10-6-3-7-11-17;1-2-4-6-8-7-5-3-1;2-1-3;/h1-20H;2-11,13-14H,12,15H2,1H3;1-2,7-8H,3-6H2;1H2;/q-1;;;;/p+1/b;;2-1-,8-7-;;. The summed E-state index contributed by atoms with van der Waals surface area (Å²) < 4.78 is 2.12. The van der Waals surface area contributed by atoms with E-state index in [1.165, 1.54) is 70.1 Å². The Labute approximate surface area is 371 Å². The number of rotatable bonds is 9. The average molecular weight is 911 g/mol. The molecule has 0 amide bonds.